The highest BCUT2D eigenvalue weighted by Crippen LogP contribution is 2.08. The van der Waals surface area contributed by atoms with Gasteiger partial charge in [0.05, 0.1) is 6.54 Å². The van der Waals surface area contributed by atoms with E-state index in [-0.39, 0.29) is 24.1 Å². The lowest BCUT2D eigenvalue weighted by Gasteiger charge is -2.12. The molecule has 3 N–H and O–H groups in total. The van der Waals surface area contributed by atoms with Gasteiger partial charge in [-0.25, -0.2) is 8.78 Å². The van der Waals surface area contributed by atoms with Crippen LogP contribution < -0.4 is 16.0 Å². The molecule has 0 saturated heterocycles. The number of benzene rings is 2. The largest absolute Gasteiger partial charge is 0.356 e. The van der Waals surface area contributed by atoms with Gasteiger partial charge in [0.2, 0.25) is 5.91 Å². The minimum Gasteiger partial charge on any atom is -0.356 e. The van der Waals surface area contributed by atoms with E-state index in [1.165, 1.54) is 30.3 Å². The van der Waals surface area contributed by atoms with Crippen LogP contribution in [0.3, 0.4) is 0 Å². The molecule has 0 atom stereocenters. The molecule has 2 aromatic rings. The zero-order chi connectivity index (χ0) is 18.1. The van der Waals surface area contributed by atoms with E-state index in [4.69, 9.17) is 0 Å². The van der Waals surface area contributed by atoms with Gasteiger partial charge in [-0.15, -0.1) is 0 Å². The smallest absolute Gasteiger partial charge is 0.243 e. The van der Waals surface area contributed by atoms with Crippen LogP contribution in [0.5, 0.6) is 0 Å². The van der Waals surface area contributed by atoms with Crippen molar-refractivity contribution in [2.75, 3.05) is 25.5 Å². The van der Waals surface area contributed by atoms with Crippen molar-refractivity contribution in [3.63, 3.8) is 0 Å². The van der Waals surface area contributed by atoms with Crippen molar-refractivity contribution in [3.8, 4) is 0 Å². The number of rotatable bonds is 6. The molecule has 0 aromatic heterocycles. The second kappa shape index (κ2) is 9.36. The van der Waals surface area contributed by atoms with Gasteiger partial charge in [0, 0.05) is 19.3 Å². The third-order valence-electron chi connectivity index (χ3n) is 3.41. The first-order valence-corrected chi connectivity index (χ1v) is 7.82. The Hall–Kier alpha value is -2.96. The topological polar surface area (TPSA) is 65.5 Å². The van der Waals surface area contributed by atoms with E-state index in [2.05, 4.69) is 20.9 Å². The third-order valence-corrected chi connectivity index (χ3v) is 3.41. The lowest BCUT2D eigenvalue weighted by molar-refractivity contribution is -0.115. The first-order valence-electron chi connectivity index (χ1n) is 7.82. The van der Waals surface area contributed by atoms with Crippen LogP contribution >= 0.6 is 0 Å². The summed E-state index contributed by atoms with van der Waals surface area (Å²) < 4.78 is 26.3. The Bertz CT molecular complexity index is 732. The highest BCUT2D eigenvalue weighted by molar-refractivity contribution is 5.94. The predicted molar refractivity (Wildman–Crippen MR) is 94.5 cm³/mol. The van der Waals surface area contributed by atoms with Crippen molar-refractivity contribution in [2.45, 2.75) is 6.42 Å². The van der Waals surface area contributed by atoms with Gasteiger partial charge in [-0.2, -0.15) is 0 Å². The molecule has 0 radical (unpaired) electrons. The molecule has 132 valence electrons. The fourth-order valence-electron chi connectivity index (χ4n) is 2.14. The number of amides is 1. The van der Waals surface area contributed by atoms with E-state index in [9.17, 15) is 13.6 Å². The van der Waals surface area contributed by atoms with Crippen molar-refractivity contribution < 1.29 is 13.6 Å². The minimum absolute atomic E-state index is 0.00323. The maximum absolute atomic E-state index is 13.5. The normalized spacial score (nSPS) is 11.1. The molecule has 0 heterocycles. The van der Waals surface area contributed by atoms with E-state index in [1.807, 2.05) is 0 Å². The van der Waals surface area contributed by atoms with Gasteiger partial charge in [-0.1, -0.05) is 18.2 Å². The number of nitrogens with one attached hydrogen (secondary N) is 3. The highest BCUT2D eigenvalue weighted by Gasteiger charge is 2.05. The van der Waals surface area contributed by atoms with Crippen molar-refractivity contribution in [2.24, 2.45) is 4.99 Å². The maximum atomic E-state index is 13.5. The summed E-state index contributed by atoms with van der Waals surface area (Å²) in [6.45, 7) is 0.469. The zero-order valence-electron chi connectivity index (χ0n) is 13.9. The summed E-state index contributed by atoms with van der Waals surface area (Å²) in [4.78, 5) is 15.9. The van der Waals surface area contributed by atoms with E-state index in [0.29, 0.717) is 30.2 Å². The summed E-state index contributed by atoms with van der Waals surface area (Å²) in [6, 6.07) is 12.1. The predicted octanol–water partition coefficient (Wildman–Crippen LogP) is 2.31. The molecule has 0 aliphatic heterocycles. The lowest BCUT2D eigenvalue weighted by atomic mass is 10.1. The molecule has 2 rings (SSSR count). The molecule has 7 heteroatoms. The van der Waals surface area contributed by atoms with Crippen LogP contribution in [0, 0.1) is 11.6 Å². The summed E-state index contributed by atoms with van der Waals surface area (Å²) >= 11 is 0. The van der Waals surface area contributed by atoms with E-state index in [1.54, 1.807) is 25.2 Å². The van der Waals surface area contributed by atoms with Gasteiger partial charge in [-0.3, -0.25) is 9.79 Å². The van der Waals surface area contributed by atoms with Crippen LogP contribution in [0.1, 0.15) is 5.56 Å². The van der Waals surface area contributed by atoms with Crippen LogP contribution in [0.15, 0.2) is 53.5 Å². The molecule has 5 nitrogen and oxygen atoms in total. The van der Waals surface area contributed by atoms with Crippen molar-refractivity contribution in [1.82, 2.24) is 10.6 Å². The van der Waals surface area contributed by atoms with Gasteiger partial charge >= 0.3 is 0 Å². The molecule has 1 amide bonds. The number of aliphatic imine (C=N–C) groups is 1. The molecular weight excluding hydrogens is 326 g/mol. The van der Waals surface area contributed by atoms with Crippen molar-refractivity contribution in [3.05, 3.63) is 65.7 Å². The number of carbonyl (C=O) groups is 1. The average molecular weight is 346 g/mol. The molecule has 0 bridgehead atoms. The van der Waals surface area contributed by atoms with E-state index < -0.39 is 0 Å². The van der Waals surface area contributed by atoms with Gasteiger partial charge in [0.15, 0.2) is 5.96 Å². The van der Waals surface area contributed by atoms with E-state index >= 15 is 0 Å². The van der Waals surface area contributed by atoms with E-state index in [0.717, 1.165) is 0 Å². The van der Waals surface area contributed by atoms with Crippen LogP contribution in [0.25, 0.3) is 0 Å². The van der Waals surface area contributed by atoms with Gasteiger partial charge < -0.3 is 16.0 Å². The molecule has 0 aliphatic carbocycles. The molecule has 25 heavy (non-hydrogen) atoms. The molecule has 0 saturated carbocycles. The summed E-state index contributed by atoms with van der Waals surface area (Å²) in [7, 11) is 1.58. The second-order valence-electron chi connectivity index (χ2n) is 5.25. The SMILES string of the molecule is CN=C(NCCc1ccccc1F)NCC(=O)Nc1ccc(F)cc1. The Balaban J connectivity index is 1.73. The molecule has 0 fully saturated rings. The van der Waals surface area contributed by atoms with Crippen LogP contribution in [-0.4, -0.2) is 32.0 Å². The monoisotopic (exact) mass is 346 g/mol. The molecule has 0 aliphatic rings. The first kappa shape index (κ1) is 18.4. The molecule has 2 aromatic carbocycles. The second-order valence-corrected chi connectivity index (χ2v) is 5.25. The molecule has 0 unspecified atom stereocenters. The summed E-state index contributed by atoms with van der Waals surface area (Å²) in [6.07, 6.45) is 0.495. The lowest BCUT2D eigenvalue weighted by Crippen LogP contribution is -2.42. The van der Waals surface area contributed by atoms with Gasteiger partial charge in [-0.05, 0) is 42.3 Å². The van der Waals surface area contributed by atoms with Crippen LogP contribution in [-0.2, 0) is 11.2 Å². The Morgan fingerprint density at radius 2 is 1.76 bits per heavy atom. The quantitative estimate of drug-likeness (QED) is 0.555. The number of anilines is 1. The Morgan fingerprint density at radius 3 is 2.44 bits per heavy atom. The molecule has 0 spiro atoms. The average Bonchev–Trinajstić information content (AvgIpc) is 2.61. The Labute approximate surface area is 145 Å². The zero-order valence-corrected chi connectivity index (χ0v) is 13.9. The number of hydrogen-bond acceptors (Lipinski definition) is 2. The fourth-order valence-corrected chi connectivity index (χ4v) is 2.14. The van der Waals surface area contributed by atoms with Crippen molar-refractivity contribution in [1.29, 1.82) is 0 Å². The number of hydrogen-bond donors (Lipinski definition) is 3. The highest BCUT2D eigenvalue weighted by atomic mass is 19.1. The van der Waals surface area contributed by atoms with Gasteiger partial charge in [0.1, 0.15) is 11.6 Å². The summed E-state index contributed by atoms with van der Waals surface area (Å²) in [5.41, 5.74) is 1.12. The Kier molecular flexibility index (Phi) is 6.88. The number of guanidine groups is 1. The number of halogens is 2. The third kappa shape index (κ3) is 6.21. The first-order chi connectivity index (χ1) is 12.1. The van der Waals surface area contributed by atoms with Crippen LogP contribution in [0.2, 0.25) is 0 Å². The standard InChI is InChI=1S/C18H20F2N4O/c1-21-18(22-11-10-13-4-2-3-5-16(13)20)23-12-17(25)24-15-8-6-14(19)7-9-15/h2-9H,10-12H2,1H3,(H,24,25)(H2,21,22,23). The minimum atomic E-state index is -0.365. The maximum Gasteiger partial charge on any atom is 0.243 e. The Morgan fingerprint density at radius 1 is 1.04 bits per heavy atom. The van der Waals surface area contributed by atoms with Crippen molar-refractivity contribution >= 4 is 17.6 Å². The van der Waals surface area contributed by atoms with Crippen LogP contribution in [0.4, 0.5) is 14.5 Å². The summed E-state index contributed by atoms with van der Waals surface area (Å²) in [5.74, 6) is -0.462. The number of carbonyl (C=O) groups excluding carboxylic acids is 1. The van der Waals surface area contributed by atoms with Gasteiger partial charge in [0.25, 0.3) is 0 Å². The summed E-state index contributed by atoms with van der Waals surface area (Å²) in [5, 5.41) is 8.51. The number of nitrogens with zero attached hydrogens (tertiary/aromatic N) is 1. The fraction of sp³-hybridized carbons (Fsp3) is 0.222. The molecular formula is C18H20F2N4O.